The van der Waals surface area contributed by atoms with E-state index in [-0.39, 0.29) is 0 Å². The second kappa shape index (κ2) is 3.57. The van der Waals surface area contributed by atoms with Crippen LogP contribution in [0.5, 0.6) is 0 Å². The predicted molar refractivity (Wildman–Crippen MR) is 41.9 cm³/mol. The van der Waals surface area contributed by atoms with Crippen LogP contribution in [0.15, 0.2) is 0 Å². The van der Waals surface area contributed by atoms with Crippen molar-refractivity contribution in [2.75, 3.05) is 12.4 Å². The number of halogens is 1. The molecule has 1 nitrogen and oxygen atoms in total. The van der Waals surface area contributed by atoms with Crippen molar-refractivity contribution in [3.05, 3.63) is 0 Å². The second-order valence-electron chi connectivity index (χ2n) is 2.62. The molecule has 2 heteroatoms. The maximum absolute atomic E-state index is 5.26. The fourth-order valence-corrected chi connectivity index (χ4v) is 1.99. The molecule has 0 aliphatic heterocycles. The highest BCUT2D eigenvalue weighted by molar-refractivity contribution is 9.09. The predicted octanol–water partition coefficient (Wildman–Crippen LogP) is 2.20. The normalized spacial score (nSPS) is 23.3. The van der Waals surface area contributed by atoms with Crippen molar-refractivity contribution in [2.45, 2.75) is 25.4 Å². The van der Waals surface area contributed by atoms with Crippen LogP contribution in [0.3, 0.4) is 0 Å². The molecular formula is C7H13BrO. The third-order valence-corrected chi connectivity index (χ3v) is 2.77. The zero-order valence-electron chi connectivity index (χ0n) is 5.77. The van der Waals surface area contributed by atoms with E-state index in [9.17, 15) is 0 Å². The Morgan fingerprint density at radius 3 is 2.44 bits per heavy atom. The zero-order chi connectivity index (χ0) is 6.69. The molecule has 1 aliphatic rings. The molecule has 0 N–H and O–H groups in total. The molecule has 1 saturated carbocycles. The molecule has 0 heterocycles. The maximum atomic E-state index is 5.26. The van der Waals surface area contributed by atoms with E-state index in [4.69, 9.17) is 4.74 Å². The fraction of sp³-hybridized carbons (Fsp3) is 1.00. The Hall–Kier alpha value is 0.440. The molecule has 0 unspecified atom stereocenters. The number of rotatable bonds is 3. The molecule has 0 saturated heterocycles. The Labute approximate surface area is 64.9 Å². The molecule has 0 spiro atoms. The van der Waals surface area contributed by atoms with E-state index in [0.29, 0.717) is 6.10 Å². The van der Waals surface area contributed by atoms with Gasteiger partial charge in [0.05, 0.1) is 6.10 Å². The van der Waals surface area contributed by atoms with Crippen molar-refractivity contribution < 1.29 is 4.74 Å². The van der Waals surface area contributed by atoms with Crippen molar-refractivity contribution in [3.63, 3.8) is 0 Å². The van der Waals surface area contributed by atoms with Gasteiger partial charge in [0.2, 0.25) is 0 Å². The van der Waals surface area contributed by atoms with E-state index >= 15 is 0 Å². The average Bonchev–Trinajstić information content (AvgIpc) is 1.78. The lowest BCUT2D eigenvalue weighted by molar-refractivity contribution is 0.0373. The standard InChI is InChI=1S/C7H13BrO/c1-9-7(5-8)6-3-2-4-6/h6-7H,2-5H2,1H3/t7-/m0/s1. The van der Waals surface area contributed by atoms with Crippen molar-refractivity contribution in [2.24, 2.45) is 5.92 Å². The van der Waals surface area contributed by atoms with Gasteiger partial charge < -0.3 is 4.74 Å². The monoisotopic (exact) mass is 192 g/mol. The molecule has 1 rings (SSSR count). The summed E-state index contributed by atoms with van der Waals surface area (Å²) in [6.07, 6.45) is 4.60. The van der Waals surface area contributed by atoms with Gasteiger partial charge in [-0.3, -0.25) is 0 Å². The lowest BCUT2D eigenvalue weighted by Crippen LogP contribution is -2.29. The quantitative estimate of drug-likeness (QED) is 0.624. The molecule has 1 fully saturated rings. The Balaban J connectivity index is 2.19. The van der Waals surface area contributed by atoms with Gasteiger partial charge in [-0.15, -0.1) is 0 Å². The Morgan fingerprint density at radius 2 is 2.33 bits per heavy atom. The smallest absolute Gasteiger partial charge is 0.0696 e. The van der Waals surface area contributed by atoms with Gasteiger partial charge in [-0.05, 0) is 18.8 Å². The summed E-state index contributed by atoms with van der Waals surface area (Å²) < 4.78 is 5.26. The van der Waals surface area contributed by atoms with Crippen LogP contribution in [-0.4, -0.2) is 18.5 Å². The van der Waals surface area contributed by atoms with Crippen LogP contribution in [0.2, 0.25) is 0 Å². The van der Waals surface area contributed by atoms with Crippen LogP contribution in [0.4, 0.5) is 0 Å². The molecule has 9 heavy (non-hydrogen) atoms. The summed E-state index contributed by atoms with van der Waals surface area (Å²) >= 11 is 3.43. The van der Waals surface area contributed by atoms with Crippen LogP contribution in [0.25, 0.3) is 0 Å². The molecule has 0 bridgehead atoms. The molecule has 0 aromatic rings. The van der Waals surface area contributed by atoms with Gasteiger partial charge in [0.1, 0.15) is 0 Å². The van der Waals surface area contributed by atoms with Crippen LogP contribution in [-0.2, 0) is 4.74 Å². The summed E-state index contributed by atoms with van der Waals surface area (Å²) in [7, 11) is 1.80. The summed E-state index contributed by atoms with van der Waals surface area (Å²) in [5, 5.41) is 0.994. The van der Waals surface area contributed by atoms with Crippen molar-refractivity contribution in [3.8, 4) is 0 Å². The van der Waals surface area contributed by atoms with E-state index in [1.807, 2.05) is 0 Å². The molecule has 0 aromatic carbocycles. The third-order valence-electron chi connectivity index (χ3n) is 2.13. The van der Waals surface area contributed by atoms with Crippen molar-refractivity contribution in [1.82, 2.24) is 0 Å². The average molecular weight is 193 g/mol. The topological polar surface area (TPSA) is 9.23 Å². The van der Waals surface area contributed by atoms with E-state index in [1.165, 1.54) is 19.3 Å². The highest BCUT2D eigenvalue weighted by Crippen LogP contribution is 2.31. The molecule has 0 amide bonds. The minimum atomic E-state index is 0.471. The number of hydrogen-bond acceptors (Lipinski definition) is 1. The summed E-state index contributed by atoms with van der Waals surface area (Å²) in [6, 6.07) is 0. The molecule has 1 atom stereocenters. The van der Waals surface area contributed by atoms with E-state index in [1.54, 1.807) is 7.11 Å². The minimum Gasteiger partial charge on any atom is -0.380 e. The van der Waals surface area contributed by atoms with Crippen LogP contribution in [0, 0.1) is 5.92 Å². The van der Waals surface area contributed by atoms with Gasteiger partial charge in [-0.25, -0.2) is 0 Å². The van der Waals surface area contributed by atoms with Gasteiger partial charge in [0, 0.05) is 12.4 Å². The first-order valence-corrected chi connectivity index (χ1v) is 4.59. The van der Waals surface area contributed by atoms with Crippen molar-refractivity contribution in [1.29, 1.82) is 0 Å². The van der Waals surface area contributed by atoms with Crippen LogP contribution in [0.1, 0.15) is 19.3 Å². The van der Waals surface area contributed by atoms with Crippen LogP contribution >= 0.6 is 15.9 Å². The first-order chi connectivity index (χ1) is 4.38. The summed E-state index contributed by atoms with van der Waals surface area (Å²) in [5.74, 6) is 0.842. The summed E-state index contributed by atoms with van der Waals surface area (Å²) in [5.41, 5.74) is 0. The van der Waals surface area contributed by atoms with Gasteiger partial charge in [0.15, 0.2) is 0 Å². The fourth-order valence-electron chi connectivity index (χ4n) is 1.19. The lowest BCUT2D eigenvalue weighted by Gasteiger charge is -2.31. The second-order valence-corrected chi connectivity index (χ2v) is 3.27. The number of methoxy groups -OCH3 is 1. The molecule has 0 aromatic heterocycles. The SMILES string of the molecule is CO[C@@H](CBr)C1CCC1. The van der Waals surface area contributed by atoms with E-state index in [2.05, 4.69) is 15.9 Å². The maximum Gasteiger partial charge on any atom is 0.0696 e. The molecular weight excluding hydrogens is 180 g/mol. The minimum absolute atomic E-state index is 0.471. The molecule has 0 radical (unpaired) electrons. The van der Waals surface area contributed by atoms with Gasteiger partial charge in [-0.2, -0.15) is 0 Å². The van der Waals surface area contributed by atoms with E-state index in [0.717, 1.165) is 11.2 Å². The first kappa shape index (κ1) is 7.55. The highest BCUT2D eigenvalue weighted by Gasteiger charge is 2.25. The summed E-state index contributed by atoms with van der Waals surface area (Å²) in [6.45, 7) is 0. The van der Waals surface area contributed by atoms with Gasteiger partial charge in [0.25, 0.3) is 0 Å². The van der Waals surface area contributed by atoms with Gasteiger partial charge in [-0.1, -0.05) is 22.4 Å². The summed E-state index contributed by atoms with van der Waals surface area (Å²) in [4.78, 5) is 0. The molecule has 54 valence electrons. The Kier molecular flexibility index (Phi) is 2.99. The van der Waals surface area contributed by atoms with E-state index < -0.39 is 0 Å². The number of ether oxygens (including phenoxy) is 1. The number of hydrogen-bond donors (Lipinski definition) is 0. The largest absolute Gasteiger partial charge is 0.380 e. The highest BCUT2D eigenvalue weighted by atomic mass is 79.9. The lowest BCUT2D eigenvalue weighted by atomic mass is 9.82. The zero-order valence-corrected chi connectivity index (χ0v) is 7.36. The van der Waals surface area contributed by atoms with Crippen molar-refractivity contribution >= 4 is 15.9 Å². The first-order valence-electron chi connectivity index (χ1n) is 3.47. The van der Waals surface area contributed by atoms with Gasteiger partial charge >= 0.3 is 0 Å². The Morgan fingerprint density at radius 1 is 1.67 bits per heavy atom. The third kappa shape index (κ3) is 1.68. The Bertz CT molecular complexity index is 77.0. The molecule has 1 aliphatic carbocycles. The number of alkyl halides is 1. The van der Waals surface area contributed by atoms with Crippen LogP contribution < -0.4 is 0 Å².